The van der Waals surface area contributed by atoms with Crippen molar-refractivity contribution in [3.05, 3.63) is 64.8 Å². The average Bonchev–Trinajstić information content (AvgIpc) is 2.90. The second kappa shape index (κ2) is 7.45. The second-order valence-electron chi connectivity index (χ2n) is 4.98. The van der Waals surface area contributed by atoms with Gasteiger partial charge in [0, 0.05) is 18.0 Å². The van der Waals surface area contributed by atoms with E-state index in [0.717, 1.165) is 22.3 Å². The molecule has 3 rings (SSSR count). The first-order chi connectivity index (χ1) is 12.1. The van der Waals surface area contributed by atoms with Crippen molar-refractivity contribution in [2.45, 2.75) is 0 Å². The van der Waals surface area contributed by atoms with Gasteiger partial charge in [0.15, 0.2) is 4.32 Å². The molecule has 0 aliphatic carbocycles. The van der Waals surface area contributed by atoms with Gasteiger partial charge in [-0.25, -0.2) is 0 Å². The minimum absolute atomic E-state index is 0.261. The van der Waals surface area contributed by atoms with Gasteiger partial charge in [0.05, 0.1) is 12.0 Å². The van der Waals surface area contributed by atoms with E-state index in [9.17, 15) is 9.59 Å². The van der Waals surface area contributed by atoms with E-state index in [2.05, 4.69) is 10.4 Å². The lowest BCUT2D eigenvalue weighted by Crippen LogP contribution is -2.44. The van der Waals surface area contributed by atoms with Crippen molar-refractivity contribution < 1.29 is 14.3 Å². The molecule has 0 bridgehead atoms. The summed E-state index contributed by atoms with van der Waals surface area (Å²) in [5.74, 6) is -0.276. The summed E-state index contributed by atoms with van der Waals surface area (Å²) in [6, 6.07) is 10.2. The molecule has 0 spiro atoms. The summed E-state index contributed by atoms with van der Waals surface area (Å²) >= 11 is 6.32. The smallest absolute Gasteiger partial charge is 0.285 e. The third-order valence-electron chi connectivity index (χ3n) is 3.32. The summed E-state index contributed by atoms with van der Waals surface area (Å²) in [5.41, 5.74) is 3.68. The van der Waals surface area contributed by atoms with Gasteiger partial charge in [-0.05, 0) is 48.1 Å². The molecule has 0 atom stereocenters. The van der Waals surface area contributed by atoms with Gasteiger partial charge in [0.1, 0.15) is 5.75 Å². The highest BCUT2D eigenvalue weighted by molar-refractivity contribution is 8.26. The number of rotatable bonds is 4. The normalized spacial score (nSPS) is 15.6. The van der Waals surface area contributed by atoms with Crippen LogP contribution in [0, 0.1) is 0 Å². The topological polar surface area (TPSA) is 71.5 Å². The number of thiocarbonyl (C=S) groups is 1. The van der Waals surface area contributed by atoms with E-state index in [4.69, 9.17) is 17.0 Å². The van der Waals surface area contributed by atoms with Gasteiger partial charge < -0.3 is 4.74 Å². The van der Waals surface area contributed by atoms with E-state index in [-0.39, 0.29) is 10.2 Å². The SMILES string of the molecule is COc1cccc(C(=O)NN2C(=O)C(=Cc3cccnc3)SC2=S)c1. The molecule has 2 amide bonds. The Morgan fingerprint density at radius 1 is 1.36 bits per heavy atom. The van der Waals surface area contributed by atoms with Crippen molar-refractivity contribution in [3.8, 4) is 5.75 Å². The summed E-state index contributed by atoms with van der Waals surface area (Å²) in [6.07, 6.45) is 4.97. The van der Waals surface area contributed by atoms with Crippen LogP contribution in [-0.2, 0) is 4.79 Å². The van der Waals surface area contributed by atoms with E-state index in [1.807, 2.05) is 6.07 Å². The molecule has 1 aliphatic rings. The fraction of sp³-hybridized carbons (Fsp3) is 0.0588. The lowest BCUT2D eigenvalue weighted by molar-refractivity contribution is -0.123. The largest absolute Gasteiger partial charge is 0.497 e. The number of aromatic nitrogens is 1. The summed E-state index contributed by atoms with van der Waals surface area (Å²) in [4.78, 5) is 29.3. The molecular formula is C17H13N3O3S2. The third kappa shape index (κ3) is 3.86. The van der Waals surface area contributed by atoms with Crippen LogP contribution in [0.2, 0.25) is 0 Å². The predicted octanol–water partition coefficient (Wildman–Crippen LogP) is 2.64. The van der Waals surface area contributed by atoms with Crippen LogP contribution in [0.5, 0.6) is 5.75 Å². The van der Waals surface area contributed by atoms with Crippen LogP contribution in [0.3, 0.4) is 0 Å². The zero-order valence-electron chi connectivity index (χ0n) is 13.1. The van der Waals surface area contributed by atoms with Crippen molar-refractivity contribution in [1.82, 2.24) is 15.4 Å². The number of carbonyl (C=O) groups is 2. The Balaban J connectivity index is 1.76. The Morgan fingerprint density at radius 2 is 2.20 bits per heavy atom. The highest BCUT2D eigenvalue weighted by Gasteiger charge is 2.33. The first-order valence-electron chi connectivity index (χ1n) is 7.21. The van der Waals surface area contributed by atoms with Gasteiger partial charge in [-0.2, -0.15) is 5.01 Å². The minimum Gasteiger partial charge on any atom is -0.497 e. The molecule has 126 valence electrons. The number of ether oxygens (including phenoxy) is 1. The molecule has 25 heavy (non-hydrogen) atoms. The third-order valence-corrected chi connectivity index (χ3v) is 4.62. The van der Waals surface area contributed by atoms with Crippen molar-refractivity contribution in [1.29, 1.82) is 0 Å². The number of carbonyl (C=O) groups excluding carboxylic acids is 2. The van der Waals surface area contributed by atoms with E-state index < -0.39 is 5.91 Å². The Labute approximate surface area is 153 Å². The number of thioether (sulfide) groups is 1. The van der Waals surface area contributed by atoms with Gasteiger partial charge in [-0.1, -0.05) is 23.9 Å². The summed E-state index contributed by atoms with van der Waals surface area (Å²) < 4.78 is 5.36. The number of hydrogen-bond donors (Lipinski definition) is 1. The molecule has 1 saturated heterocycles. The number of nitrogens with zero attached hydrogens (tertiary/aromatic N) is 2. The lowest BCUT2D eigenvalue weighted by atomic mass is 10.2. The first kappa shape index (κ1) is 17.1. The number of amides is 2. The molecule has 6 nitrogen and oxygen atoms in total. The molecule has 0 unspecified atom stereocenters. The molecule has 2 heterocycles. The van der Waals surface area contributed by atoms with Crippen LogP contribution in [0.4, 0.5) is 0 Å². The van der Waals surface area contributed by atoms with Crippen molar-refractivity contribution in [3.63, 3.8) is 0 Å². The molecular weight excluding hydrogens is 358 g/mol. The molecule has 2 aromatic rings. The van der Waals surface area contributed by atoms with Crippen molar-refractivity contribution in [2.75, 3.05) is 7.11 Å². The van der Waals surface area contributed by atoms with Gasteiger partial charge in [0.2, 0.25) is 0 Å². The van der Waals surface area contributed by atoms with Crippen LogP contribution in [0.15, 0.2) is 53.7 Å². The highest BCUT2D eigenvalue weighted by Crippen LogP contribution is 2.31. The quantitative estimate of drug-likeness (QED) is 0.658. The van der Waals surface area contributed by atoms with E-state index in [0.29, 0.717) is 16.2 Å². The van der Waals surface area contributed by atoms with Crippen molar-refractivity contribution >= 4 is 46.2 Å². The summed E-state index contributed by atoms with van der Waals surface area (Å²) in [6.45, 7) is 0. The monoisotopic (exact) mass is 371 g/mol. The standard InChI is InChI=1S/C17H13N3O3S2/c1-23-13-6-2-5-12(9-13)15(21)19-20-16(22)14(25-17(20)24)8-11-4-3-7-18-10-11/h2-10H,1H3,(H,19,21). The number of hydrogen-bond acceptors (Lipinski definition) is 6. The van der Waals surface area contributed by atoms with E-state index >= 15 is 0 Å². The first-order valence-corrected chi connectivity index (χ1v) is 8.44. The van der Waals surface area contributed by atoms with Gasteiger partial charge in [0.25, 0.3) is 11.8 Å². The van der Waals surface area contributed by atoms with Gasteiger partial charge in [-0.15, -0.1) is 0 Å². The fourth-order valence-electron chi connectivity index (χ4n) is 2.11. The lowest BCUT2D eigenvalue weighted by Gasteiger charge is -2.15. The minimum atomic E-state index is -0.446. The molecule has 1 aromatic heterocycles. The maximum atomic E-state index is 12.5. The number of methoxy groups -OCH3 is 1. The van der Waals surface area contributed by atoms with E-state index in [1.54, 1.807) is 48.8 Å². The molecule has 0 saturated carbocycles. The molecule has 1 aliphatic heterocycles. The molecule has 1 fully saturated rings. The Morgan fingerprint density at radius 3 is 2.92 bits per heavy atom. The molecule has 0 radical (unpaired) electrons. The Kier molecular flexibility index (Phi) is 5.11. The average molecular weight is 371 g/mol. The van der Waals surface area contributed by atoms with Crippen LogP contribution in [0.25, 0.3) is 6.08 Å². The van der Waals surface area contributed by atoms with Crippen LogP contribution >= 0.6 is 24.0 Å². The highest BCUT2D eigenvalue weighted by atomic mass is 32.2. The maximum absolute atomic E-state index is 12.5. The van der Waals surface area contributed by atoms with Crippen LogP contribution in [-0.4, -0.2) is 33.2 Å². The molecule has 8 heteroatoms. The maximum Gasteiger partial charge on any atom is 0.285 e. The summed E-state index contributed by atoms with van der Waals surface area (Å²) in [7, 11) is 1.52. The number of nitrogens with one attached hydrogen (secondary N) is 1. The number of hydrazine groups is 1. The van der Waals surface area contributed by atoms with Gasteiger partial charge in [-0.3, -0.25) is 20.0 Å². The molecule has 1 N–H and O–H groups in total. The zero-order chi connectivity index (χ0) is 17.8. The second-order valence-corrected chi connectivity index (χ2v) is 6.65. The van der Waals surface area contributed by atoms with Gasteiger partial charge >= 0.3 is 0 Å². The number of benzene rings is 1. The fourth-order valence-corrected chi connectivity index (χ4v) is 3.29. The zero-order valence-corrected chi connectivity index (χ0v) is 14.8. The van der Waals surface area contributed by atoms with Crippen molar-refractivity contribution in [2.24, 2.45) is 0 Å². The number of pyridine rings is 1. The Hall–Kier alpha value is -2.71. The summed E-state index contributed by atoms with van der Waals surface area (Å²) in [5, 5.41) is 1.07. The predicted molar refractivity (Wildman–Crippen MR) is 99.7 cm³/mol. The Bertz CT molecular complexity index is 868. The van der Waals surface area contributed by atoms with Crippen LogP contribution in [0.1, 0.15) is 15.9 Å². The van der Waals surface area contributed by atoms with E-state index in [1.165, 1.54) is 7.11 Å². The van der Waals surface area contributed by atoms with Crippen LogP contribution < -0.4 is 10.2 Å². The molecule has 1 aromatic carbocycles.